The number of allylic oxidation sites excluding steroid dienone is 1. The largest absolute Gasteiger partial charge is 0.392 e. The number of alkyl halides is 3. The molecule has 41 heavy (non-hydrogen) atoms. The number of terminal acetylenes is 1. The van der Waals surface area contributed by atoms with Crippen LogP contribution in [0.25, 0.3) is 11.1 Å². The number of carbonyl (C=O) groups is 1. The summed E-state index contributed by atoms with van der Waals surface area (Å²) >= 11 is 5.82. The van der Waals surface area contributed by atoms with Gasteiger partial charge >= 0.3 is 12.2 Å². The number of amides is 2. The average molecular weight is 613 g/mol. The van der Waals surface area contributed by atoms with Gasteiger partial charge in [0.25, 0.3) is 10.0 Å². The number of halogens is 5. The molecule has 0 unspecified atom stereocenters. The van der Waals surface area contributed by atoms with E-state index < -0.39 is 34.5 Å². The van der Waals surface area contributed by atoms with Gasteiger partial charge in [0.2, 0.25) is 5.95 Å². The summed E-state index contributed by atoms with van der Waals surface area (Å²) in [6.45, 7) is 1.83. The Labute approximate surface area is 239 Å². The summed E-state index contributed by atoms with van der Waals surface area (Å²) in [6.07, 6.45) is 5.80. The lowest BCUT2D eigenvalue weighted by Gasteiger charge is -2.19. The highest BCUT2D eigenvalue weighted by Crippen LogP contribution is 2.32. The quantitative estimate of drug-likeness (QED) is 0.205. The second-order valence-electron chi connectivity index (χ2n) is 7.99. The van der Waals surface area contributed by atoms with E-state index in [-0.39, 0.29) is 33.8 Å². The Morgan fingerprint density at radius 2 is 1.88 bits per heavy atom. The van der Waals surface area contributed by atoms with Crippen LogP contribution in [0.2, 0.25) is 5.02 Å². The smallest absolute Gasteiger partial charge is 0.338 e. The number of anilines is 3. The Balaban J connectivity index is 0.00000287. The zero-order valence-corrected chi connectivity index (χ0v) is 23.3. The van der Waals surface area contributed by atoms with Gasteiger partial charge in [-0.3, -0.25) is 0 Å². The number of carbonyl (C=O) groups excluding carboxylic acids is 1. The standard InChI is InChI=1S/C24H23ClF4N6O3S.C2H2/c1-3-30-23(36)34-39(37,38)17-7-4-6-15(12-17)18-14-31-22(32-16-8-9-20(26)19(25)13-16)33-21(18)35(2)11-5-10-24(27,28)29;1-2/h4-9,11-14H,3,10H2,1-2H3,(H2,30,34,36)(H,31,32,33);1-2H/b11-5-;. The van der Waals surface area contributed by atoms with E-state index in [0.717, 1.165) is 18.3 Å². The molecule has 0 aliphatic rings. The highest BCUT2D eigenvalue weighted by atomic mass is 35.5. The van der Waals surface area contributed by atoms with E-state index in [9.17, 15) is 30.8 Å². The number of benzene rings is 2. The van der Waals surface area contributed by atoms with E-state index in [4.69, 9.17) is 11.6 Å². The topological polar surface area (TPSA) is 116 Å². The first-order chi connectivity index (χ1) is 19.3. The van der Waals surface area contributed by atoms with Crippen LogP contribution < -0.4 is 20.3 Å². The molecule has 0 saturated carbocycles. The van der Waals surface area contributed by atoms with Crippen LogP contribution in [-0.2, 0) is 10.0 Å². The molecule has 1 aromatic heterocycles. The van der Waals surface area contributed by atoms with Crippen molar-refractivity contribution in [1.29, 1.82) is 0 Å². The van der Waals surface area contributed by atoms with E-state index >= 15 is 0 Å². The molecule has 0 saturated heterocycles. The van der Waals surface area contributed by atoms with Crippen molar-refractivity contribution in [3.63, 3.8) is 0 Å². The van der Waals surface area contributed by atoms with E-state index in [1.165, 1.54) is 48.5 Å². The number of nitrogens with one attached hydrogen (secondary N) is 3. The van der Waals surface area contributed by atoms with E-state index in [1.807, 2.05) is 4.72 Å². The summed E-state index contributed by atoms with van der Waals surface area (Å²) in [5.41, 5.74) is 0.919. The normalized spacial score (nSPS) is 11.3. The molecule has 0 atom stereocenters. The summed E-state index contributed by atoms with van der Waals surface area (Å²) in [7, 11) is -2.79. The van der Waals surface area contributed by atoms with Gasteiger partial charge in [0.1, 0.15) is 11.6 Å². The molecule has 9 nitrogen and oxygen atoms in total. The van der Waals surface area contributed by atoms with Crippen molar-refractivity contribution in [2.24, 2.45) is 0 Å². The maximum atomic E-state index is 13.5. The molecule has 3 aromatic rings. The Kier molecular flexibility index (Phi) is 11.5. The van der Waals surface area contributed by atoms with Crippen molar-refractivity contribution in [3.05, 3.63) is 71.8 Å². The van der Waals surface area contributed by atoms with Gasteiger partial charge in [0, 0.05) is 37.2 Å². The summed E-state index contributed by atoms with van der Waals surface area (Å²) in [6, 6.07) is 8.43. The average Bonchev–Trinajstić information content (AvgIpc) is 2.91. The zero-order chi connectivity index (χ0) is 30.8. The molecule has 2 amide bonds. The number of nitrogens with zero attached hydrogens (tertiary/aromatic N) is 3. The number of rotatable bonds is 9. The van der Waals surface area contributed by atoms with E-state index in [2.05, 4.69) is 33.4 Å². The van der Waals surface area contributed by atoms with Gasteiger partial charge in [-0.15, -0.1) is 12.8 Å². The minimum atomic E-state index is -4.42. The van der Waals surface area contributed by atoms with Gasteiger partial charge in [-0.05, 0) is 42.8 Å². The predicted molar refractivity (Wildman–Crippen MR) is 150 cm³/mol. The number of sulfonamides is 1. The molecule has 3 N–H and O–H groups in total. The van der Waals surface area contributed by atoms with Crippen LogP contribution in [0.3, 0.4) is 0 Å². The first-order valence-electron chi connectivity index (χ1n) is 11.6. The molecule has 0 aliphatic heterocycles. The second kappa shape index (κ2) is 14.3. The van der Waals surface area contributed by atoms with Crippen molar-refractivity contribution >= 4 is 45.1 Å². The van der Waals surface area contributed by atoms with Crippen LogP contribution >= 0.6 is 11.6 Å². The molecule has 2 aromatic carbocycles. The molecule has 1 heterocycles. The minimum absolute atomic E-state index is 0.00850. The first-order valence-corrected chi connectivity index (χ1v) is 13.4. The van der Waals surface area contributed by atoms with Crippen LogP contribution in [-0.4, -0.2) is 44.2 Å². The molecular weight excluding hydrogens is 588 g/mol. The lowest BCUT2D eigenvalue weighted by atomic mass is 10.1. The third-order valence-corrected chi connectivity index (χ3v) is 6.59. The fourth-order valence-electron chi connectivity index (χ4n) is 3.23. The second-order valence-corrected chi connectivity index (χ2v) is 10.1. The maximum Gasteiger partial charge on any atom is 0.392 e. The lowest BCUT2D eigenvalue weighted by molar-refractivity contribution is -0.125. The molecule has 3 rings (SSSR count). The number of urea groups is 1. The Morgan fingerprint density at radius 1 is 1.17 bits per heavy atom. The monoisotopic (exact) mass is 612 g/mol. The van der Waals surface area contributed by atoms with Gasteiger partial charge in [-0.2, -0.15) is 18.2 Å². The van der Waals surface area contributed by atoms with Crippen LogP contribution in [0.5, 0.6) is 0 Å². The zero-order valence-electron chi connectivity index (χ0n) is 21.7. The van der Waals surface area contributed by atoms with Crippen molar-refractivity contribution in [2.45, 2.75) is 24.4 Å². The van der Waals surface area contributed by atoms with Gasteiger partial charge in [0.15, 0.2) is 0 Å². The van der Waals surface area contributed by atoms with E-state index in [0.29, 0.717) is 11.3 Å². The van der Waals surface area contributed by atoms with Gasteiger partial charge in [-0.1, -0.05) is 29.8 Å². The summed E-state index contributed by atoms with van der Waals surface area (Å²) in [4.78, 5) is 21.4. The Bertz CT molecular complexity index is 1530. The number of aromatic nitrogens is 2. The molecule has 0 bridgehead atoms. The third kappa shape index (κ3) is 9.66. The third-order valence-electron chi connectivity index (χ3n) is 4.98. The van der Waals surface area contributed by atoms with Gasteiger partial charge in [0.05, 0.1) is 16.3 Å². The molecule has 218 valence electrons. The van der Waals surface area contributed by atoms with Crippen molar-refractivity contribution in [3.8, 4) is 24.0 Å². The van der Waals surface area contributed by atoms with Crippen molar-refractivity contribution in [1.82, 2.24) is 20.0 Å². The van der Waals surface area contributed by atoms with Crippen LogP contribution in [0.4, 0.5) is 39.8 Å². The SMILES string of the molecule is C#C.CCNC(=O)NS(=O)(=O)c1cccc(-c2cnc(Nc3ccc(F)c(Cl)c3)nc2N(C)/C=C\CC(F)(F)F)c1. The lowest BCUT2D eigenvalue weighted by Crippen LogP contribution is -2.39. The fourth-order valence-corrected chi connectivity index (χ4v) is 4.39. The Hall–Kier alpha value is -4.35. The predicted octanol–water partition coefficient (Wildman–Crippen LogP) is 5.84. The fraction of sp³-hybridized carbons (Fsp3) is 0.192. The van der Waals surface area contributed by atoms with Crippen molar-refractivity contribution in [2.75, 3.05) is 23.8 Å². The molecule has 15 heteroatoms. The van der Waals surface area contributed by atoms with Gasteiger partial charge in [-0.25, -0.2) is 27.3 Å². The molecule has 0 spiro atoms. The molecule has 0 fully saturated rings. The summed E-state index contributed by atoms with van der Waals surface area (Å²) < 4.78 is 78.8. The van der Waals surface area contributed by atoms with Gasteiger partial charge < -0.3 is 15.5 Å². The van der Waals surface area contributed by atoms with E-state index in [1.54, 1.807) is 13.0 Å². The van der Waals surface area contributed by atoms with Crippen LogP contribution in [0, 0.1) is 18.7 Å². The Morgan fingerprint density at radius 3 is 2.51 bits per heavy atom. The van der Waals surface area contributed by atoms with Crippen LogP contribution in [0.15, 0.2) is 65.8 Å². The maximum absolute atomic E-state index is 13.5. The summed E-state index contributed by atoms with van der Waals surface area (Å²) in [5, 5.41) is 5.02. The van der Waals surface area contributed by atoms with Crippen molar-refractivity contribution < 1.29 is 30.8 Å². The highest BCUT2D eigenvalue weighted by Gasteiger charge is 2.25. The summed E-state index contributed by atoms with van der Waals surface area (Å²) in [5.74, 6) is -0.509. The molecule has 0 radical (unpaired) electrons. The number of hydrogen-bond donors (Lipinski definition) is 3. The highest BCUT2D eigenvalue weighted by molar-refractivity contribution is 7.90. The van der Waals surface area contributed by atoms with Crippen LogP contribution in [0.1, 0.15) is 13.3 Å². The first kappa shape index (κ1) is 32.9. The molecule has 0 aliphatic carbocycles. The molecular formula is C26H25ClF4N6O3S. The number of hydrogen-bond acceptors (Lipinski definition) is 7. The minimum Gasteiger partial charge on any atom is -0.338 e.